The molecule has 2 unspecified atom stereocenters. The largest absolute Gasteiger partial charge is 0.393 e. The molecule has 0 amide bonds. The van der Waals surface area contributed by atoms with Crippen LogP contribution < -0.4 is 4.72 Å². The average molecular weight is 313 g/mol. The summed E-state index contributed by atoms with van der Waals surface area (Å²) in [6, 6.07) is 7.09. The minimum atomic E-state index is -3.54. The lowest BCUT2D eigenvalue weighted by Gasteiger charge is -2.23. The molecule has 1 aromatic carbocycles. The monoisotopic (exact) mass is 313 g/mol. The van der Waals surface area contributed by atoms with Gasteiger partial charge in [0, 0.05) is 6.54 Å². The molecule has 0 radical (unpaired) electrons. The van der Waals surface area contributed by atoms with E-state index in [1.807, 2.05) is 39.8 Å². The van der Waals surface area contributed by atoms with E-state index in [4.69, 9.17) is 0 Å². The Morgan fingerprint density at radius 3 is 2.29 bits per heavy atom. The molecule has 0 aliphatic carbocycles. The van der Waals surface area contributed by atoms with Gasteiger partial charge in [-0.1, -0.05) is 45.9 Å². The van der Waals surface area contributed by atoms with Gasteiger partial charge in [0.2, 0.25) is 10.0 Å². The van der Waals surface area contributed by atoms with Crippen molar-refractivity contribution in [1.29, 1.82) is 0 Å². The van der Waals surface area contributed by atoms with Gasteiger partial charge in [0.15, 0.2) is 0 Å². The van der Waals surface area contributed by atoms with Crippen molar-refractivity contribution in [3.8, 4) is 0 Å². The van der Waals surface area contributed by atoms with E-state index in [0.717, 1.165) is 5.56 Å². The second-order valence-electron chi connectivity index (χ2n) is 6.79. The third-order valence-electron chi connectivity index (χ3n) is 3.35. The molecule has 120 valence electrons. The summed E-state index contributed by atoms with van der Waals surface area (Å²) < 4.78 is 27.7. The Labute approximate surface area is 128 Å². The third-order valence-corrected chi connectivity index (χ3v) is 4.83. The van der Waals surface area contributed by atoms with Gasteiger partial charge in [-0.2, -0.15) is 0 Å². The van der Waals surface area contributed by atoms with Crippen LogP contribution in [0.25, 0.3) is 0 Å². The molecule has 0 aliphatic heterocycles. The van der Waals surface area contributed by atoms with E-state index in [1.54, 1.807) is 19.1 Å². The summed E-state index contributed by atoms with van der Waals surface area (Å²) in [4.78, 5) is 0.335. The quantitative estimate of drug-likeness (QED) is 0.848. The Kier molecular flexibility index (Phi) is 5.96. The molecule has 0 saturated heterocycles. The topological polar surface area (TPSA) is 66.4 Å². The van der Waals surface area contributed by atoms with Crippen molar-refractivity contribution in [1.82, 2.24) is 4.72 Å². The summed E-state index contributed by atoms with van der Waals surface area (Å²) in [7, 11) is -3.54. The highest BCUT2D eigenvalue weighted by molar-refractivity contribution is 7.89. The van der Waals surface area contributed by atoms with E-state index in [-0.39, 0.29) is 11.3 Å². The van der Waals surface area contributed by atoms with Crippen LogP contribution in [0.2, 0.25) is 0 Å². The Morgan fingerprint density at radius 1 is 1.19 bits per heavy atom. The van der Waals surface area contributed by atoms with Gasteiger partial charge >= 0.3 is 0 Å². The van der Waals surface area contributed by atoms with Crippen LogP contribution in [0.15, 0.2) is 29.2 Å². The third kappa shape index (κ3) is 5.41. The van der Waals surface area contributed by atoms with Gasteiger partial charge in [-0.05, 0) is 36.3 Å². The maximum absolute atomic E-state index is 12.5. The van der Waals surface area contributed by atoms with Crippen molar-refractivity contribution >= 4 is 10.0 Å². The molecule has 2 N–H and O–H groups in total. The summed E-state index contributed by atoms with van der Waals surface area (Å²) in [6.45, 7) is 9.95. The molecule has 2 atom stereocenters. The van der Waals surface area contributed by atoms with Crippen molar-refractivity contribution < 1.29 is 13.5 Å². The molecule has 5 heteroatoms. The predicted molar refractivity (Wildman–Crippen MR) is 85.8 cm³/mol. The number of rotatable bonds is 6. The maximum atomic E-state index is 12.5. The Morgan fingerprint density at radius 2 is 1.76 bits per heavy atom. The van der Waals surface area contributed by atoms with E-state index in [9.17, 15) is 13.5 Å². The van der Waals surface area contributed by atoms with E-state index < -0.39 is 16.1 Å². The van der Waals surface area contributed by atoms with Crippen LogP contribution in [0.4, 0.5) is 0 Å². The molecule has 21 heavy (non-hydrogen) atoms. The van der Waals surface area contributed by atoms with Crippen LogP contribution in [0.5, 0.6) is 0 Å². The second-order valence-corrected chi connectivity index (χ2v) is 8.52. The first-order chi connectivity index (χ1) is 9.54. The number of hydrogen-bond acceptors (Lipinski definition) is 3. The van der Waals surface area contributed by atoms with E-state index in [1.165, 1.54) is 0 Å². The summed E-state index contributed by atoms with van der Waals surface area (Å²) in [5.74, 6) is 0.0848. The van der Waals surface area contributed by atoms with Crippen LogP contribution >= 0.6 is 0 Å². The van der Waals surface area contributed by atoms with Gasteiger partial charge in [-0.3, -0.25) is 0 Å². The SMILES string of the molecule is CC(O)CC(C)CNS(=O)(=O)c1ccccc1C(C)(C)C. The van der Waals surface area contributed by atoms with Crippen LogP contribution in [0.1, 0.15) is 46.6 Å². The molecule has 0 aliphatic rings. The van der Waals surface area contributed by atoms with Gasteiger partial charge in [-0.15, -0.1) is 0 Å². The Balaban J connectivity index is 2.94. The summed E-state index contributed by atoms with van der Waals surface area (Å²) in [5.41, 5.74) is 0.567. The smallest absolute Gasteiger partial charge is 0.240 e. The zero-order chi connectivity index (χ0) is 16.3. The van der Waals surface area contributed by atoms with E-state index >= 15 is 0 Å². The molecule has 0 fully saturated rings. The molecule has 1 rings (SSSR count). The summed E-state index contributed by atoms with van der Waals surface area (Å²) >= 11 is 0. The average Bonchev–Trinajstić information content (AvgIpc) is 2.35. The zero-order valence-electron chi connectivity index (χ0n) is 13.6. The van der Waals surface area contributed by atoms with Crippen molar-refractivity contribution in [2.75, 3.05) is 6.54 Å². The van der Waals surface area contributed by atoms with E-state index in [0.29, 0.717) is 17.9 Å². The highest BCUT2D eigenvalue weighted by atomic mass is 32.2. The fourth-order valence-electron chi connectivity index (χ4n) is 2.32. The maximum Gasteiger partial charge on any atom is 0.240 e. The van der Waals surface area contributed by atoms with E-state index in [2.05, 4.69) is 4.72 Å². The molecular weight excluding hydrogens is 286 g/mol. The van der Waals surface area contributed by atoms with Crippen molar-refractivity contribution in [2.45, 2.75) is 57.5 Å². The van der Waals surface area contributed by atoms with Crippen LogP contribution in [-0.2, 0) is 15.4 Å². The van der Waals surface area contributed by atoms with Gasteiger partial charge in [0.25, 0.3) is 0 Å². The fourth-order valence-corrected chi connectivity index (χ4v) is 3.90. The molecule has 0 saturated carbocycles. The molecular formula is C16H27NO3S. The molecule has 0 bridgehead atoms. The first-order valence-corrected chi connectivity index (χ1v) is 8.79. The lowest BCUT2D eigenvalue weighted by atomic mass is 9.87. The zero-order valence-corrected chi connectivity index (χ0v) is 14.4. The van der Waals surface area contributed by atoms with Crippen LogP contribution in [-0.4, -0.2) is 26.2 Å². The summed E-state index contributed by atoms with van der Waals surface area (Å²) in [5, 5.41) is 9.34. The van der Waals surface area contributed by atoms with Crippen molar-refractivity contribution in [3.63, 3.8) is 0 Å². The number of aliphatic hydroxyl groups is 1. The Bertz CT molecular complexity index is 559. The molecule has 0 aromatic heterocycles. The van der Waals surface area contributed by atoms with Crippen molar-refractivity contribution in [2.24, 2.45) is 5.92 Å². The van der Waals surface area contributed by atoms with Gasteiger partial charge in [0.05, 0.1) is 11.0 Å². The van der Waals surface area contributed by atoms with Gasteiger partial charge < -0.3 is 5.11 Å². The number of hydrogen-bond donors (Lipinski definition) is 2. The lowest BCUT2D eigenvalue weighted by Crippen LogP contribution is -2.31. The molecule has 0 spiro atoms. The number of benzene rings is 1. The van der Waals surface area contributed by atoms with Crippen LogP contribution in [0, 0.1) is 5.92 Å². The second kappa shape index (κ2) is 6.90. The molecule has 0 heterocycles. The highest BCUT2D eigenvalue weighted by Gasteiger charge is 2.25. The first kappa shape index (κ1) is 18.1. The molecule has 4 nitrogen and oxygen atoms in total. The fraction of sp³-hybridized carbons (Fsp3) is 0.625. The minimum absolute atomic E-state index is 0.0848. The lowest BCUT2D eigenvalue weighted by molar-refractivity contribution is 0.165. The number of nitrogens with one attached hydrogen (secondary N) is 1. The standard InChI is InChI=1S/C16H27NO3S/c1-12(10-13(2)18)11-17-21(19,20)15-9-7-6-8-14(15)16(3,4)5/h6-9,12-13,17-18H,10-11H2,1-5H3. The first-order valence-electron chi connectivity index (χ1n) is 7.31. The number of aliphatic hydroxyl groups excluding tert-OH is 1. The highest BCUT2D eigenvalue weighted by Crippen LogP contribution is 2.28. The minimum Gasteiger partial charge on any atom is -0.393 e. The van der Waals surface area contributed by atoms with Gasteiger partial charge in [-0.25, -0.2) is 13.1 Å². The number of sulfonamides is 1. The summed E-state index contributed by atoms with van der Waals surface area (Å²) in [6.07, 6.45) is 0.148. The Hall–Kier alpha value is -0.910. The normalized spacial score (nSPS) is 15.7. The predicted octanol–water partition coefficient (Wildman–Crippen LogP) is 2.67. The van der Waals surface area contributed by atoms with Crippen molar-refractivity contribution in [3.05, 3.63) is 29.8 Å². The van der Waals surface area contributed by atoms with Crippen LogP contribution in [0.3, 0.4) is 0 Å². The molecule has 1 aromatic rings. The van der Waals surface area contributed by atoms with Gasteiger partial charge in [0.1, 0.15) is 0 Å².